The van der Waals surface area contributed by atoms with Gasteiger partial charge < -0.3 is 29.7 Å². The van der Waals surface area contributed by atoms with Gasteiger partial charge in [0.15, 0.2) is 0 Å². The van der Waals surface area contributed by atoms with Crippen molar-refractivity contribution in [3.05, 3.63) is 23.3 Å². The molecule has 0 aromatic heterocycles. The number of methoxy groups -OCH3 is 1. The summed E-state index contributed by atoms with van der Waals surface area (Å²) in [7, 11) is 1.70. The van der Waals surface area contributed by atoms with Crippen molar-refractivity contribution >= 4 is 5.91 Å². The first-order chi connectivity index (χ1) is 14.2. The van der Waals surface area contributed by atoms with Gasteiger partial charge in [-0.3, -0.25) is 4.79 Å². The average Bonchev–Trinajstić information content (AvgIpc) is 3.46. The fourth-order valence-electron chi connectivity index (χ4n) is 4.24. The molecule has 7 nitrogen and oxygen atoms in total. The Bertz CT molecular complexity index is 716. The zero-order chi connectivity index (χ0) is 20.2. The summed E-state index contributed by atoms with van der Waals surface area (Å²) in [5.74, 6) is 1.98. The van der Waals surface area contributed by atoms with E-state index in [1.807, 2.05) is 0 Å². The van der Waals surface area contributed by atoms with Crippen LogP contribution < -0.4 is 20.1 Å². The summed E-state index contributed by atoms with van der Waals surface area (Å²) in [6.07, 6.45) is 3.88. The molecule has 0 spiro atoms. The summed E-state index contributed by atoms with van der Waals surface area (Å²) in [5, 5.41) is 6.69. The predicted octanol–water partition coefficient (Wildman–Crippen LogP) is 1.65. The number of rotatable bonds is 9. The molecule has 2 N–H and O–H groups in total. The van der Waals surface area contributed by atoms with Crippen molar-refractivity contribution in [2.75, 3.05) is 46.6 Å². The van der Waals surface area contributed by atoms with E-state index in [-0.39, 0.29) is 18.0 Å². The van der Waals surface area contributed by atoms with E-state index >= 15 is 0 Å². The van der Waals surface area contributed by atoms with Crippen LogP contribution in [-0.2, 0) is 16.0 Å². The number of nitrogens with zero attached hydrogens (tertiary/aromatic N) is 1. The van der Waals surface area contributed by atoms with Crippen LogP contribution in [-0.4, -0.2) is 69.5 Å². The quantitative estimate of drug-likeness (QED) is 0.611. The van der Waals surface area contributed by atoms with Crippen molar-refractivity contribution < 1.29 is 19.0 Å². The van der Waals surface area contributed by atoms with E-state index in [0.29, 0.717) is 32.4 Å². The molecule has 4 rings (SSSR count). The number of carbonyl (C=O) groups is 1. The van der Waals surface area contributed by atoms with Crippen molar-refractivity contribution in [3.63, 3.8) is 0 Å². The van der Waals surface area contributed by atoms with Gasteiger partial charge in [0.2, 0.25) is 5.91 Å². The minimum Gasteiger partial charge on any atom is -0.493 e. The highest BCUT2D eigenvalue weighted by atomic mass is 16.5. The van der Waals surface area contributed by atoms with Crippen LogP contribution in [0.4, 0.5) is 0 Å². The van der Waals surface area contributed by atoms with Gasteiger partial charge in [-0.1, -0.05) is 0 Å². The standard InChI is InChI=1S/C22H33N3O4/c1-15(25(17-4-5-17)22(26)19-14-23-7-8-24-19)16-12-20(28-10-3-9-27-2)18-6-11-29-21(18)13-16/h12-13,15,17,19,23-24H,3-11,14H2,1-2H3/t15-,19+/m0/s1. The van der Waals surface area contributed by atoms with Crippen LogP contribution in [0.1, 0.15) is 43.4 Å². The Hall–Kier alpha value is -1.83. The highest BCUT2D eigenvalue weighted by molar-refractivity contribution is 5.83. The topological polar surface area (TPSA) is 72.1 Å². The molecule has 2 fully saturated rings. The Morgan fingerprint density at radius 1 is 1.31 bits per heavy atom. The van der Waals surface area contributed by atoms with E-state index in [2.05, 4.69) is 34.6 Å². The van der Waals surface area contributed by atoms with Gasteiger partial charge in [-0.15, -0.1) is 0 Å². The third-order valence-corrected chi connectivity index (χ3v) is 5.98. The van der Waals surface area contributed by atoms with E-state index in [1.54, 1.807) is 7.11 Å². The van der Waals surface area contributed by atoms with Gasteiger partial charge in [-0.2, -0.15) is 0 Å². The lowest BCUT2D eigenvalue weighted by molar-refractivity contribution is -0.136. The minimum atomic E-state index is -0.151. The van der Waals surface area contributed by atoms with Gasteiger partial charge in [0.05, 0.1) is 25.3 Å². The molecule has 3 aliphatic rings. The van der Waals surface area contributed by atoms with Crippen molar-refractivity contribution in [1.29, 1.82) is 0 Å². The molecule has 1 aliphatic carbocycles. The normalized spacial score (nSPS) is 21.9. The molecule has 29 heavy (non-hydrogen) atoms. The van der Waals surface area contributed by atoms with Crippen LogP contribution in [0.2, 0.25) is 0 Å². The molecule has 1 saturated heterocycles. The lowest BCUT2D eigenvalue weighted by Gasteiger charge is -2.35. The van der Waals surface area contributed by atoms with Crippen LogP contribution in [0.5, 0.6) is 11.5 Å². The Kier molecular flexibility index (Phi) is 6.57. The molecule has 0 bridgehead atoms. The summed E-state index contributed by atoms with van der Waals surface area (Å²) >= 11 is 0. The molecule has 1 amide bonds. The first-order valence-electron chi connectivity index (χ1n) is 10.9. The van der Waals surface area contributed by atoms with Crippen LogP contribution in [0, 0.1) is 0 Å². The van der Waals surface area contributed by atoms with E-state index in [9.17, 15) is 4.79 Å². The number of ether oxygens (including phenoxy) is 3. The fourth-order valence-corrected chi connectivity index (χ4v) is 4.24. The average molecular weight is 404 g/mol. The first-order valence-corrected chi connectivity index (χ1v) is 10.9. The van der Waals surface area contributed by atoms with Crippen molar-refractivity contribution in [2.45, 2.75) is 50.7 Å². The molecule has 2 heterocycles. The smallest absolute Gasteiger partial charge is 0.241 e. The van der Waals surface area contributed by atoms with E-state index in [4.69, 9.17) is 14.2 Å². The number of nitrogens with one attached hydrogen (secondary N) is 2. The number of hydrogen-bond donors (Lipinski definition) is 2. The molecule has 1 saturated carbocycles. The Balaban J connectivity index is 1.54. The third kappa shape index (κ3) is 4.68. The largest absolute Gasteiger partial charge is 0.493 e. The Morgan fingerprint density at radius 3 is 2.90 bits per heavy atom. The second-order valence-corrected chi connectivity index (χ2v) is 8.15. The van der Waals surface area contributed by atoms with Gasteiger partial charge in [-0.05, 0) is 37.5 Å². The van der Waals surface area contributed by atoms with E-state index in [0.717, 1.165) is 61.4 Å². The van der Waals surface area contributed by atoms with Crippen molar-refractivity contribution in [1.82, 2.24) is 15.5 Å². The Morgan fingerprint density at radius 2 is 2.17 bits per heavy atom. The van der Waals surface area contributed by atoms with Gasteiger partial charge in [0.25, 0.3) is 0 Å². The lowest BCUT2D eigenvalue weighted by atomic mass is 10.0. The number of fused-ring (bicyclic) bond motifs is 1. The van der Waals surface area contributed by atoms with E-state index in [1.165, 1.54) is 0 Å². The molecule has 1 aromatic carbocycles. The SMILES string of the molecule is COCCCOc1cc([C@H](C)N(C(=O)[C@H]2CNCCN2)C2CC2)cc2c1CCO2. The molecule has 160 valence electrons. The maximum absolute atomic E-state index is 13.3. The summed E-state index contributed by atoms with van der Waals surface area (Å²) in [6.45, 7) is 6.53. The third-order valence-electron chi connectivity index (χ3n) is 5.98. The fraction of sp³-hybridized carbons (Fsp3) is 0.682. The predicted molar refractivity (Wildman–Crippen MR) is 111 cm³/mol. The second-order valence-electron chi connectivity index (χ2n) is 8.15. The molecular weight excluding hydrogens is 370 g/mol. The monoisotopic (exact) mass is 403 g/mol. The molecular formula is C22H33N3O4. The highest BCUT2D eigenvalue weighted by Crippen LogP contribution is 2.41. The number of hydrogen-bond acceptors (Lipinski definition) is 6. The number of carbonyl (C=O) groups excluding carboxylic acids is 1. The zero-order valence-corrected chi connectivity index (χ0v) is 17.5. The highest BCUT2D eigenvalue weighted by Gasteiger charge is 2.39. The van der Waals surface area contributed by atoms with Crippen LogP contribution in [0.15, 0.2) is 12.1 Å². The molecule has 7 heteroatoms. The molecule has 2 aliphatic heterocycles. The first kappa shape index (κ1) is 20.4. The molecule has 1 aromatic rings. The van der Waals surface area contributed by atoms with Crippen molar-refractivity contribution in [2.24, 2.45) is 0 Å². The minimum absolute atomic E-state index is 0.0189. The number of piperazine rings is 1. The summed E-state index contributed by atoms with van der Waals surface area (Å²) in [5.41, 5.74) is 2.22. The number of benzene rings is 1. The van der Waals surface area contributed by atoms with Gasteiger partial charge in [0, 0.05) is 57.8 Å². The Labute approximate surface area is 173 Å². The van der Waals surface area contributed by atoms with Crippen LogP contribution >= 0.6 is 0 Å². The second kappa shape index (κ2) is 9.32. The maximum Gasteiger partial charge on any atom is 0.241 e. The van der Waals surface area contributed by atoms with Crippen LogP contribution in [0.3, 0.4) is 0 Å². The summed E-state index contributed by atoms with van der Waals surface area (Å²) < 4.78 is 17.1. The van der Waals surface area contributed by atoms with Gasteiger partial charge >= 0.3 is 0 Å². The lowest BCUT2D eigenvalue weighted by Crippen LogP contribution is -2.57. The van der Waals surface area contributed by atoms with Crippen molar-refractivity contribution in [3.8, 4) is 11.5 Å². The van der Waals surface area contributed by atoms with Gasteiger partial charge in [0.1, 0.15) is 11.5 Å². The van der Waals surface area contributed by atoms with Crippen LogP contribution in [0.25, 0.3) is 0 Å². The summed E-state index contributed by atoms with van der Waals surface area (Å²) in [6, 6.07) is 4.38. The van der Waals surface area contributed by atoms with E-state index < -0.39 is 0 Å². The maximum atomic E-state index is 13.3. The summed E-state index contributed by atoms with van der Waals surface area (Å²) in [4.78, 5) is 15.4. The molecule has 2 atom stereocenters. The molecule has 0 radical (unpaired) electrons. The zero-order valence-electron chi connectivity index (χ0n) is 17.5. The molecule has 0 unspecified atom stereocenters. The number of amides is 1. The van der Waals surface area contributed by atoms with Gasteiger partial charge in [-0.25, -0.2) is 0 Å².